The summed E-state index contributed by atoms with van der Waals surface area (Å²) >= 11 is 0. The predicted octanol–water partition coefficient (Wildman–Crippen LogP) is 8.36. The largest absolute Gasteiger partial charge is 0.462 e. The molecule has 0 heterocycles. The number of hydrogen-bond donors (Lipinski definition) is 0. The molecule has 4 rings (SSSR count). The Labute approximate surface area is 209 Å². The second-order valence-corrected chi connectivity index (χ2v) is 10.1. The van der Waals surface area contributed by atoms with Crippen LogP contribution in [0.3, 0.4) is 0 Å². The summed E-state index contributed by atoms with van der Waals surface area (Å²) < 4.78 is 68.7. The number of benzene rings is 2. The lowest BCUT2D eigenvalue weighted by Gasteiger charge is -2.36. The van der Waals surface area contributed by atoms with Crippen LogP contribution in [0.4, 0.5) is 17.6 Å². The van der Waals surface area contributed by atoms with Gasteiger partial charge >= 0.3 is 5.97 Å². The highest BCUT2D eigenvalue weighted by Crippen LogP contribution is 2.42. The Balaban J connectivity index is 1.42. The van der Waals surface area contributed by atoms with E-state index in [2.05, 4.69) is 6.92 Å². The van der Waals surface area contributed by atoms with Gasteiger partial charge in [-0.1, -0.05) is 25.8 Å². The van der Waals surface area contributed by atoms with E-state index in [0.717, 1.165) is 43.0 Å². The number of allylic oxidation sites excluding steroid dienone is 1. The van der Waals surface area contributed by atoms with E-state index in [1.54, 1.807) is 6.92 Å². The van der Waals surface area contributed by atoms with Gasteiger partial charge in [0.25, 0.3) is 0 Å². The van der Waals surface area contributed by atoms with Crippen molar-refractivity contribution in [3.05, 3.63) is 59.9 Å². The van der Waals surface area contributed by atoms with Crippen LogP contribution in [0.15, 0.2) is 36.6 Å². The van der Waals surface area contributed by atoms with Crippen molar-refractivity contribution in [3.63, 3.8) is 0 Å². The first kappa shape index (κ1) is 26.2. The number of hydrogen-bond acceptors (Lipinski definition) is 3. The van der Waals surface area contributed by atoms with Crippen molar-refractivity contribution in [1.29, 1.82) is 0 Å². The maximum atomic E-state index is 14.8. The van der Waals surface area contributed by atoms with E-state index in [-0.39, 0.29) is 11.7 Å². The van der Waals surface area contributed by atoms with Crippen LogP contribution in [0.25, 0.3) is 11.1 Å². The lowest BCUT2D eigenvalue weighted by atomic mass is 9.69. The van der Waals surface area contributed by atoms with Gasteiger partial charge in [-0.2, -0.15) is 8.78 Å². The second kappa shape index (κ2) is 11.5. The molecule has 0 aromatic heterocycles. The molecule has 36 heavy (non-hydrogen) atoms. The minimum Gasteiger partial charge on any atom is -0.462 e. The van der Waals surface area contributed by atoms with Crippen molar-refractivity contribution in [2.24, 2.45) is 23.7 Å². The average Bonchev–Trinajstić information content (AvgIpc) is 2.89. The highest BCUT2D eigenvalue weighted by Gasteiger charge is 2.33. The molecule has 0 saturated heterocycles. The zero-order valence-electron chi connectivity index (χ0n) is 20.7. The van der Waals surface area contributed by atoms with Crippen molar-refractivity contribution in [1.82, 2.24) is 0 Å². The van der Waals surface area contributed by atoms with Gasteiger partial charge in [-0.15, -0.1) is 0 Å². The fourth-order valence-corrected chi connectivity index (χ4v) is 5.57. The van der Waals surface area contributed by atoms with Crippen LogP contribution in [0.1, 0.15) is 65.2 Å². The normalized spacial score (nSPS) is 24.6. The van der Waals surface area contributed by atoms with Crippen LogP contribution < -0.4 is 9.47 Å². The third kappa shape index (κ3) is 5.60. The van der Waals surface area contributed by atoms with E-state index < -0.39 is 46.1 Å². The van der Waals surface area contributed by atoms with Gasteiger partial charge in [-0.05, 0) is 87.5 Å². The molecule has 7 heteroatoms. The lowest BCUT2D eigenvalue weighted by Crippen LogP contribution is -2.30. The summed E-state index contributed by atoms with van der Waals surface area (Å²) in [5, 5.41) is 0. The van der Waals surface area contributed by atoms with Crippen molar-refractivity contribution >= 4 is 5.97 Å². The summed E-state index contributed by atoms with van der Waals surface area (Å²) in [6.45, 7) is 3.93. The van der Waals surface area contributed by atoms with E-state index in [1.165, 1.54) is 38.0 Å². The molecule has 0 bridgehead atoms. The molecule has 0 radical (unpaired) electrons. The highest BCUT2D eigenvalue weighted by atomic mass is 19.2. The Bertz CT molecular complexity index is 1110. The second-order valence-electron chi connectivity index (χ2n) is 10.1. The molecule has 194 valence electrons. The number of halogens is 4. The Hall–Kier alpha value is -2.83. The molecule has 2 saturated carbocycles. The van der Waals surface area contributed by atoms with Crippen LogP contribution in [0.5, 0.6) is 11.5 Å². The fraction of sp³-hybridized carbons (Fsp3) is 0.483. The molecule has 2 fully saturated rings. The number of carbonyl (C=O) groups is 1. The lowest BCUT2D eigenvalue weighted by molar-refractivity contribution is -0.140. The first-order valence-corrected chi connectivity index (χ1v) is 12.8. The number of carbonyl (C=O) groups excluding carboxylic acids is 1. The fourth-order valence-electron chi connectivity index (χ4n) is 5.57. The van der Waals surface area contributed by atoms with Crippen LogP contribution in [-0.4, -0.2) is 5.97 Å². The molecule has 0 aliphatic heterocycles. The highest BCUT2D eigenvalue weighted by molar-refractivity contribution is 5.76. The van der Waals surface area contributed by atoms with Gasteiger partial charge in [0, 0.05) is 11.1 Å². The summed E-state index contributed by atoms with van der Waals surface area (Å²) in [5.74, 6) is -5.29. The van der Waals surface area contributed by atoms with Gasteiger partial charge in [0.05, 0.1) is 12.2 Å². The minimum absolute atomic E-state index is 0.359. The number of rotatable bonds is 6. The zero-order chi connectivity index (χ0) is 25.8. The summed E-state index contributed by atoms with van der Waals surface area (Å²) in [6.07, 6.45) is 10.9. The van der Waals surface area contributed by atoms with Crippen LogP contribution >= 0.6 is 0 Å². The molecule has 2 aliphatic rings. The summed E-state index contributed by atoms with van der Waals surface area (Å²) in [6, 6.07) is 4.38. The molecule has 0 unspecified atom stereocenters. The Morgan fingerprint density at radius 2 is 1.25 bits per heavy atom. The molecule has 2 aromatic rings. The molecule has 2 aromatic carbocycles. The standard InChI is InChI=1S/C29H32F4O3/c1-3-16-35-23-14-12-21(25(30)27(23)32)22-13-15-24(28(33)26(22)31)36-29(34)20-10-8-19(9-11-20)18-6-4-17(2)5-7-18/h3,12-20H,4-11H2,1-2H3/b16-3+. The predicted molar refractivity (Wildman–Crippen MR) is 129 cm³/mol. The van der Waals surface area contributed by atoms with Gasteiger partial charge in [-0.25, -0.2) is 8.78 Å². The van der Waals surface area contributed by atoms with Crippen molar-refractivity contribution < 1.29 is 31.8 Å². The molecule has 3 nitrogen and oxygen atoms in total. The monoisotopic (exact) mass is 504 g/mol. The van der Waals surface area contributed by atoms with Crippen molar-refractivity contribution in [3.8, 4) is 22.6 Å². The Morgan fingerprint density at radius 3 is 1.81 bits per heavy atom. The maximum Gasteiger partial charge on any atom is 0.314 e. The zero-order valence-corrected chi connectivity index (χ0v) is 20.7. The van der Waals surface area contributed by atoms with Crippen LogP contribution in [-0.2, 0) is 4.79 Å². The summed E-state index contributed by atoms with van der Waals surface area (Å²) in [4.78, 5) is 12.7. The number of ether oxygens (including phenoxy) is 2. The topological polar surface area (TPSA) is 35.5 Å². The maximum absolute atomic E-state index is 14.8. The molecular weight excluding hydrogens is 472 g/mol. The molecule has 0 N–H and O–H groups in total. The van der Waals surface area contributed by atoms with Gasteiger partial charge in [0.1, 0.15) is 0 Å². The van der Waals surface area contributed by atoms with Gasteiger partial charge < -0.3 is 9.47 Å². The average molecular weight is 505 g/mol. The number of esters is 1. The summed E-state index contributed by atoms with van der Waals surface area (Å²) in [7, 11) is 0. The third-order valence-corrected chi connectivity index (χ3v) is 7.76. The van der Waals surface area contributed by atoms with Crippen molar-refractivity contribution in [2.45, 2.75) is 65.2 Å². The Morgan fingerprint density at radius 1 is 0.750 bits per heavy atom. The SMILES string of the molecule is C/C=C/Oc1ccc(-c2ccc(OC(=O)C3CCC(C4CCC(C)CC4)CC3)c(F)c2F)c(F)c1F. The van der Waals surface area contributed by atoms with Crippen LogP contribution in [0, 0.1) is 46.9 Å². The van der Waals surface area contributed by atoms with E-state index in [4.69, 9.17) is 9.47 Å². The minimum atomic E-state index is -1.42. The van der Waals surface area contributed by atoms with Crippen LogP contribution in [0.2, 0.25) is 0 Å². The molecule has 0 atom stereocenters. The van der Waals surface area contributed by atoms with E-state index >= 15 is 0 Å². The molecule has 2 aliphatic carbocycles. The van der Waals surface area contributed by atoms with Gasteiger partial charge in [-0.3, -0.25) is 4.79 Å². The first-order chi connectivity index (χ1) is 17.3. The van der Waals surface area contributed by atoms with Gasteiger partial charge in [0.2, 0.25) is 11.6 Å². The van der Waals surface area contributed by atoms with Crippen molar-refractivity contribution in [2.75, 3.05) is 0 Å². The quantitative estimate of drug-likeness (QED) is 0.172. The van der Waals surface area contributed by atoms with E-state index in [0.29, 0.717) is 24.7 Å². The smallest absolute Gasteiger partial charge is 0.314 e. The first-order valence-electron chi connectivity index (χ1n) is 12.8. The third-order valence-electron chi connectivity index (χ3n) is 7.76. The van der Waals surface area contributed by atoms with E-state index in [9.17, 15) is 22.4 Å². The van der Waals surface area contributed by atoms with E-state index in [1.807, 2.05) is 0 Å². The molecule has 0 amide bonds. The molecular formula is C29H32F4O3. The summed E-state index contributed by atoms with van der Waals surface area (Å²) in [5.41, 5.74) is -0.950. The Kier molecular flexibility index (Phi) is 8.37. The molecule has 0 spiro atoms. The van der Waals surface area contributed by atoms with Gasteiger partial charge in [0.15, 0.2) is 23.1 Å².